The summed E-state index contributed by atoms with van der Waals surface area (Å²) in [5, 5.41) is 19.5. The molecule has 0 spiro atoms. The Hall–Kier alpha value is -1.71. The number of nitro benzene ring substituents is 1. The molecule has 0 saturated heterocycles. The fourth-order valence-corrected chi connectivity index (χ4v) is 3.99. The first-order valence-corrected chi connectivity index (χ1v) is 9.37. The summed E-state index contributed by atoms with van der Waals surface area (Å²) in [6, 6.07) is 3.71. The molecule has 1 fully saturated rings. The highest BCUT2D eigenvalue weighted by Gasteiger charge is 2.34. The number of nitrogens with one attached hydrogen (secondary N) is 1. The van der Waals surface area contributed by atoms with Gasteiger partial charge in [0.05, 0.1) is 9.82 Å². The smallest absolute Gasteiger partial charge is 0.293 e. The molecule has 0 heterocycles. The van der Waals surface area contributed by atoms with Crippen LogP contribution in [0.1, 0.15) is 25.7 Å². The second-order valence-corrected chi connectivity index (χ2v) is 8.34. The van der Waals surface area contributed by atoms with Gasteiger partial charge in [0.2, 0.25) is 10.0 Å². The van der Waals surface area contributed by atoms with Crippen LogP contribution < -0.4 is 10.5 Å². The van der Waals surface area contributed by atoms with E-state index in [0.29, 0.717) is 12.2 Å². The zero-order chi connectivity index (χ0) is 18.0. The van der Waals surface area contributed by atoms with Crippen molar-refractivity contribution in [2.24, 2.45) is 10.6 Å². The molecule has 24 heavy (non-hydrogen) atoms. The Balaban J connectivity index is 2.24. The van der Waals surface area contributed by atoms with Crippen LogP contribution in [-0.4, -0.2) is 45.4 Å². The van der Waals surface area contributed by atoms with E-state index in [2.05, 4.69) is 10.2 Å². The Bertz CT molecular complexity index is 712. The summed E-state index contributed by atoms with van der Waals surface area (Å²) in [7, 11) is 0.0615. The molecule has 3 N–H and O–H groups in total. The van der Waals surface area contributed by atoms with Crippen LogP contribution in [-0.2, 0) is 10.0 Å². The molecule has 1 saturated carbocycles. The summed E-state index contributed by atoms with van der Waals surface area (Å²) in [6.07, 6.45) is 4.45. The summed E-state index contributed by atoms with van der Waals surface area (Å²) in [4.78, 5) is 12.6. The van der Waals surface area contributed by atoms with Crippen LogP contribution in [0.15, 0.2) is 23.1 Å². The van der Waals surface area contributed by atoms with Gasteiger partial charge in [-0.2, -0.15) is 0 Å². The lowest BCUT2D eigenvalue weighted by Crippen LogP contribution is -2.37. The second kappa shape index (κ2) is 7.04. The lowest BCUT2D eigenvalue weighted by molar-refractivity contribution is -0.384. The Morgan fingerprint density at radius 3 is 2.46 bits per heavy atom. The van der Waals surface area contributed by atoms with Gasteiger partial charge in [0, 0.05) is 24.6 Å². The summed E-state index contributed by atoms with van der Waals surface area (Å²) in [5.41, 5.74) is 0.118. The zero-order valence-electron chi connectivity index (χ0n) is 14.0. The number of nitrogens with two attached hydrogens (primary N) is 1. The Kier molecular flexibility index (Phi) is 5.46. The molecule has 0 unspecified atom stereocenters. The minimum Gasteiger partial charge on any atom is -0.379 e. The summed E-state index contributed by atoms with van der Waals surface area (Å²) >= 11 is 0. The fraction of sp³-hybridized carbons (Fsp3) is 0.600. The number of primary sulfonamides is 1. The van der Waals surface area contributed by atoms with Gasteiger partial charge in [0.1, 0.15) is 5.69 Å². The Morgan fingerprint density at radius 2 is 1.96 bits per heavy atom. The molecule has 1 aromatic carbocycles. The highest BCUT2D eigenvalue weighted by Crippen LogP contribution is 2.39. The third-order valence-electron chi connectivity index (χ3n) is 4.46. The van der Waals surface area contributed by atoms with Crippen molar-refractivity contribution >= 4 is 21.4 Å². The van der Waals surface area contributed by atoms with Crippen LogP contribution >= 0.6 is 0 Å². The van der Waals surface area contributed by atoms with Crippen LogP contribution in [0.25, 0.3) is 0 Å². The van der Waals surface area contributed by atoms with Crippen molar-refractivity contribution in [3.8, 4) is 0 Å². The molecule has 0 bridgehead atoms. The summed E-state index contributed by atoms with van der Waals surface area (Å²) in [6.45, 7) is 1.52. The largest absolute Gasteiger partial charge is 0.379 e. The maximum Gasteiger partial charge on any atom is 0.293 e. The van der Waals surface area contributed by atoms with Crippen LogP contribution in [0.4, 0.5) is 11.4 Å². The van der Waals surface area contributed by atoms with Crippen molar-refractivity contribution in [3.05, 3.63) is 28.3 Å². The lowest BCUT2D eigenvalue weighted by Gasteiger charge is -2.32. The molecule has 9 heteroatoms. The van der Waals surface area contributed by atoms with E-state index in [4.69, 9.17) is 5.14 Å². The molecule has 0 amide bonds. The van der Waals surface area contributed by atoms with Gasteiger partial charge >= 0.3 is 0 Å². The Labute approximate surface area is 142 Å². The monoisotopic (exact) mass is 356 g/mol. The number of hydrogen-bond acceptors (Lipinski definition) is 6. The van der Waals surface area contributed by atoms with Gasteiger partial charge in [-0.15, -0.1) is 0 Å². The number of rotatable bonds is 7. The first kappa shape index (κ1) is 18.6. The van der Waals surface area contributed by atoms with E-state index in [-0.39, 0.29) is 16.0 Å². The molecular formula is C15H24N4O4S. The van der Waals surface area contributed by atoms with Gasteiger partial charge in [0.25, 0.3) is 5.69 Å². The van der Waals surface area contributed by atoms with E-state index in [1.807, 2.05) is 14.1 Å². The van der Waals surface area contributed by atoms with Gasteiger partial charge < -0.3 is 10.2 Å². The third-order valence-corrected chi connectivity index (χ3v) is 5.38. The SMILES string of the molecule is CN(C)CC1(CNc2ccc(S(N)(=O)=O)cc2[N+](=O)[O-])CCCC1. The number of benzene rings is 1. The van der Waals surface area contributed by atoms with Gasteiger partial charge in [-0.25, -0.2) is 13.6 Å². The predicted molar refractivity (Wildman–Crippen MR) is 92.4 cm³/mol. The average Bonchev–Trinajstić information content (AvgIpc) is 2.91. The average molecular weight is 356 g/mol. The molecule has 0 aromatic heterocycles. The van der Waals surface area contributed by atoms with Crippen molar-refractivity contribution in [2.75, 3.05) is 32.5 Å². The zero-order valence-corrected chi connectivity index (χ0v) is 14.8. The second-order valence-electron chi connectivity index (χ2n) is 6.78. The van der Waals surface area contributed by atoms with Crippen LogP contribution in [0.5, 0.6) is 0 Å². The first-order valence-electron chi connectivity index (χ1n) is 7.83. The van der Waals surface area contributed by atoms with Crippen LogP contribution in [0.2, 0.25) is 0 Å². The van der Waals surface area contributed by atoms with E-state index in [0.717, 1.165) is 38.3 Å². The molecule has 2 rings (SSSR count). The number of hydrogen-bond donors (Lipinski definition) is 2. The molecule has 0 atom stereocenters. The van der Waals surface area contributed by atoms with Crippen molar-refractivity contribution in [1.82, 2.24) is 4.90 Å². The van der Waals surface area contributed by atoms with E-state index < -0.39 is 14.9 Å². The van der Waals surface area contributed by atoms with E-state index in [1.165, 1.54) is 12.1 Å². The molecule has 0 radical (unpaired) electrons. The van der Waals surface area contributed by atoms with Crippen LogP contribution in [0.3, 0.4) is 0 Å². The molecule has 1 aromatic rings. The number of nitrogens with zero attached hydrogens (tertiary/aromatic N) is 2. The number of sulfonamides is 1. The molecule has 134 valence electrons. The highest BCUT2D eigenvalue weighted by atomic mass is 32.2. The van der Waals surface area contributed by atoms with Crippen molar-refractivity contribution in [3.63, 3.8) is 0 Å². The summed E-state index contributed by atoms with van der Waals surface area (Å²) < 4.78 is 22.8. The highest BCUT2D eigenvalue weighted by molar-refractivity contribution is 7.89. The quantitative estimate of drug-likeness (QED) is 0.568. The standard InChI is InChI=1S/C15H24N4O4S/c1-18(2)11-15(7-3-4-8-15)10-17-13-6-5-12(24(16,22)23)9-14(13)19(20)21/h5-6,9,17H,3-4,7-8,10-11H2,1-2H3,(H2,16,22,23). The number of anilines is 1. The maximum atomic E-state index is 11.4. The minimum absolute atomic E-state index is 0.0793. The van der Waals surface area contributed by atoms with E-state index >= 15 is 0 Å². The Morgan fingerprint density at radius 1 is 1.33 bits per heavy atom. The van der Waals surface area contributed by atoms with E-state index in [1.54, 1.807) is 0 Å². The van der Waals surface area contributed by atoms with Crippen LogP contribution in [0, 0.1) is 15.5 Å². The van der Waals surface area contributed by atoms with Crippen molar-refractivity contribution < 1.29 is 13.3 Å². The molecule has 1 aliphatic rings. The van der Waals surface area contributed by atoms with Crippen molar-refractivity contribution in [1.29, 1.82) is 0 Å². The fourth-order valence-electron chi connectivity index (χ4n) is 3.46. The third kappa shape index (κ3) is 4.43. The molecule has 0 aliphatic heterocycles. The van der Waals surface area contributed by atoms with E-state index in [9.17, 15) is 18.5 Å². The molecular weight excluding hydrogens is 332 g/mol. The topological polar surface area (TPSA) is 119 Å². The molecule has 8 nitrogen and oxygen atoms in total. The van der Waals surface area contributed by atoms with Gasteiger partial charge in [-0.1, -0.05) is 12.8 Å². The normalized spacial score (nSPS) is 17.2. The first-order chi connectivity index (χ1) is 11.1. The van der Waals surface area contributed by atoms with Gasteiger partial charge in [0.15, 0.2) is 0 Å². The van der Waals surface area contributed by atoms with Gasteiger partial charge in [-0.05, 0) is 39.1 Å². The van der Waals surface area contributed by atoms with Gasteiger partial charge in [-0.3, -0.25) is 10.1 Å². The minimum atomic E-state index is -3.97. The maximum absolute atomic E-state index is 11.4. The summed E-state index contributed by atoms with van der Waals surface area (Å²) in [5.74, 6) is 0. The van der Waals surface area contributed by atoms with Crippen molar-refractivity contribution in [2.45, 2.75) is 30.6 Å². The lowest BCUT2D eigenvalue weighted by atomic mass is 9.85. The molecule has 1 aliphatic carbocycles. The number of nitro groups is 1. The predicted octanol–water partition coefficient (Wildman–Crippen LogP) is 1.78.